The van der Waals surface area contributed by atoms with Crippen LogP contribution < -0.4 is 5.32 Å². The number of pyridine rings is 2. The summed E-state index contributed by atoms with van der Waals surface area (Å²) in [4.78, 5) is 25.3. The summed E-state index contributed by atoms with van der Waals surface area (Å²) in [6.45, 7) is 0. The van der Waals surface area contributed by atoms with Crippen molar-refractivity contribution in [3.05, 3.63) is 72.9 Å². The van der Waals surface area contributed by atoms with E-state index < -0.39 is 9.84 Å². The van der Waals surface area contributed by atoms with Crippen LogP contribution in [-0.2, 0) is 9.84 Å². The fourth-order valence-corrected chi connectivity index (χ4v) is 3.37. The van der Waals surface area contributed by atoms with E-state index in [9.17, 15) is 13.2 Å². The zero-order valence-electron chi connectivity index (χ0n) is 14.8. The van der Waals surface area contributed by atoms with Gasteiger partial charge in [-0.25, -0.2) is 18.4 Å². The molecule has 0 unspecified atom stereocenters. The molecule has 0 atom stereocenters. The van der Waals surface area contributed by atoms with Gasteiger partial charge in [0.05, 0.1) is 16.8 Å². The highest BCUT2D eigenvalue weighted by Crippen LogP contribution is 2.20. The number of nitrogens with zero attached hydrogens (tertiary/aromatic N) is 4. The molecule has 8 nitrogen and oxygen atoms in total. The summed E-state index contributed by atoms with van der Waals surface area (Å²) in [7, 11) is -3.35. The Morgan fingerprint density at radius 1 is 1.11 bits per heavy atom. The zero-order valence-corrected chi connectivity index (χ0v) is 15.6. The number of carbonyl (C=O) groups is 1. The topological polar surface area (TPSA) is 107 Å². The Morgan fingerprint density at radius 3 is 2.71 bits per heavy atom. The Hall–Kier alpha value is -3.59. The number of hydrogen-bond donors (Lipinski definition) is 1. The van der Waals surface area contributed by atoms with Gasteiger partial charge >= 0.3 is 0 Å². The molecule has 0 fully saturated rings. The predicted octanol–water partition coefficient (Wildman–Crippen LogP) is 2.47. The third-order valence-electron chi connectivity index (χ3n) is 4.07. The average Bonchev–Trinajstić information content (AvgIpc) is 3.11. The third-order valence-corrected chi connectivity index (χ3v) is 5.18. The first kappa shape index (κ1) is 17.8. The van der Waals surface area contributed by atoms with Crippen LogP contribution in [0.3, 0.4) is 0 Å². The Balaban J connectivity index is 1.74. The monoisotopic (exact) mass is 393 g/mol. The number of fused-ring (bicyclic) bond motifs is 1. The van der Waals surface area contributed by atoms with E-state index >= 15 is 0 Å². The van der Waals surface area contributed by atoms with Crippen LogP contribution in [0.5, 0.6) is 0 Å². The van der Waals surface area contributed by atoms with Crippen LogP contribution in [0, 0.1) is 0 Å². The number of nitrogens with one attached hydrogen (secondary N) is 1. The van der Waals surface area contributed by atoms with Gasteiger partial charge in [0, 0.05) is 18.1 Å². The molecule has 0 radical (unpaired) electrons. The van der Waals surface area contributed by atoms with Gasteiger partial charge in [-0.3, -0.25) is 14.3 Å². The van der Waals surface area contributed by atoms with Crippen LogP contribution >= 0.6 is 0 Å². The van der Waals surface area contributed by atoms with Gasteiger partial charge in [0.15, 0.2) is 15.5 Å². The molecule has 0 aliphatic rings. The molecule has 1 amide bonds. The summed E-state index contributed by atoms with van der Waals surface area (Å²) < 4.78 is 25.3. The molecule has 9 heteroatoms. The third kappa shape index (κ3) is 3.47. The largest absolute Gasteiger partial charge is 0.319 e. The van der Waals surface area contributed by atoms with Gasteiger partial charge in [-0.2, -0.15) is 0 Å². The molecule has 4 aromatic rings. The highest BCUT2D eigenvalue weighted by molar-refractivity contribution is 7.90. The van der Waals surface area contributed by atoms with E-state index in [-0.39, 0.29) is 16.5 Å². The summed E-state index contributed by atoms with van der Waals surface area (Å²) in [6.07, 6.45) is 5.85. The summed E-state index contributed by atoms with van der Waals surface area (Å²) in [5.74, 6) is -0.382. The number of hydrogen-bond acceptors (Lipinski definition) is 6. The molecule has 0 aliphatic carbocycles. The van der Waals surface area contributed by atoms with Gasteiger partial charge < -0.3 is 5.32 Å². The van der Waals surface area contributed by atoms with Crippen molar-refractivity contribution in [3.8, 4) is 5.69 Å². The smallest absolute Gasteiger partial charge is 0.274 e. The van der Waals surface area contributed by atoms with Crippen molar-refractivity contribution in [3.63, 3.8) is 0 Å². The van der Waals surface area contributed by atoms with Crippen molar-refractivity contribution < 1.29 is 13.2 Å². The molecular formula is C19H15N5O3S. The van der Waals surface area contributed by atoms with Crippen molar-refractivity contribution >= 4 is 32.6 Å². The highest BCUT2D eigenvalue weighted by Gasteiger charge is 2.14. The highest BCUT2D eigenvalue weighted by atomic mass is 32.2. The Bertz CT molecular complexity index is 1280. The summed E-state index contributed by atoms with van der Waals surface area (Å²) in [5, 5.41) is 2.73. The lowest BCUT2D eigenvalue weighted by Gasteiger charge is -2.07. The molecule has 3 heterocycles. The first-order valence-corrected chi connectivity index (χ1v) is 10.2. The minimum absolute atomic E-state index is 0.192. The van der Waals surface area contributed by atoms with Crippen molar-refractivity contribution in [2.75, 3.05) is 11.6 Å². The van der Waals surface area contributed by atoms with Crippen molar-refractivity contribution in [2.24, 2.45) is 0 Å². The molecule has 1 N–H and O–H groups in total. The molecule has 140 valence electrons. The molecule has 0 saturated heterocycles. The molecular weight excluding hydrogens is 378 g/mol. The Morgan fingerprint density at radius 2 is 1.96 bits per heavy atom. The first-order valence-electron chi connectivity index (χ1n) is 8.28. The minimum atomic E-state index is -3.35. The molecule has 4 rings (SSSR count). The average molecular weight is 393 g/mol. The van der Waals surface area contributed by atoms with E-state index in [1.54, 1.807) is 59.6 Å². The van der Waals surface area contributed by atoms with Crippen molar-refractivity contribution in [2.45, 2.75) is 4.90 Å². The zero-order chi connectivity index (χ0) is 19.7. The fourth-order valence-electron chi connectivity index (χ4n) is 2.70. The molecule has 28 heavy (non-hydrogen) atoms. The number of amides is 1. The molecule has 0 saturated carbocycles. The van der Waals surface area contributed by atoms with Crippen LogP contribution in [0.15, 0.2) is 72.1 Å². The maximum Gasteiger partial charge on any atom is 0.274 e. The summed E-state index contributed by atoms with van der Waals surface area (Å²) in [5.41, 5.74) is 2.39. The summed E-state index contributed by atoms with van der Waals surface area (Å²) in [6, 6.07) is 13.2. The second kappa shape index (κ2) is 6.86. The minimum Gasteiger partial charge on any atom is -0.319 e. The van der Waals surface area contributed by atoms with Gasteiger partial charge in [0.1, 0.15) is 17.5 Å². The molecule has 1 aromatic carbocycles. The molecule has 0 aliphatic heterocycles. The molecule has 3 aromatic heterocycles. The van der Waals surface area contributed by atoms with Crippen LogP contribution in [0.2, 0.25) is 0 Å². The first-order chi connectivity index (χ1) is 13.4. The maximum absolute atomic E-state index is 12.5. The van der Waals surface area contributed by atoms with E-state index in [2.05, 4.69) is 20.3 Å². The number of anilines is 1. The number of rotatable bonds is 4. The number of imidazole rings is 1. The maximum atomic E-state index is 12.5. The second-order valence-corrected chi connectivity index (χ2v) is 8.13. The lowest BCUT2D eigenvalue weighted by molar-refractivity contribution is 0.102. The molecule has 0 spiro atoms. The van der Waals surface area contributed by atoms with Crippen LogP contribution in [0.4, 0.5) is 5.69 Å². The summed E-state index contributed by atoms with van der Waals surface area (Å²) >= 11 is 0. The normalized spacial score (nSPS) is 11.5. The molecule has 0 bridgehead atoms. The predicted molar refractivity (Wildman–Crippen MR) is 104 cm³/mol. The number of sulfone groups is 1. The fraction of sp³-hybridized carbons (Fsp3) is 0.0526. The lowest BCUT2D eigenvalue weighted by atomic mass is 10.3. The Labute approximate surface area is 160 Å². The number of aromatic nitrogens is 4. The van der Waals surface area contributed by atoms with E-state index in [1.165, 1.54) is 12.3 Å². The standard InChI is InChI=1S/C19H15N5O3S/c1-28(26,27)15-6-2-5-14(10-15)24-12-21-16-7-8-17(23-18(16)24)19(25)22-13-4-3-9-20-11-13/h2-12H,1H3,(H,22,25). The SMILES string of the molecule is CS(=O)(=O)c1cccc(-n2cnc3ccc(C(=O)Nc4cccnc4)nc32)c1. The Kier molecular flexibility index (Phi) is 4.36. The van der Waals surface area contributed by atoms with Crippen LogP contribution in [-0.4, -0.2) is 40.1 Å². The van der Waals surface area contributed by atoms with Gasteiger partial charge in [0.2, 0.25) is 0 Å². The van der Waals surface area contributed by atoms with Crippen LogP contribution in [0.1, 0.15) is 10.5 Å². The quantitative estimate of drug-likeness (QED) is 0.571. The van der Waals surface area contributed by atoms with E-state index in [0.29, 0.717) is 22.5 Å². The van der Waals surface area contributed by atoms with E-state index in [1.807, 2.05) is 0 Å². The van der Waals surface area contributed by atoms with Gasteiger partial charge in [-0.05, 0) is 42.5 Å². The van der Waals surface area contributed by atoms with Crippen LogP contribution in [0.25, 0.3) is 16.9 Å². The number of benzene rings is 1. The van der Waals surface area contributed by atoms with Crippen molar-refractivity contribution in [1.29, 1.82) is 0 Å². The van der Waals surface area contributed by atoms with Gasteiger partial charge in [0.25, 0.3) is 5.91 Å². The lowest BCUT2D eigenvalue weighted by Crippen LogP contribution is -2.14. The van der Waals surface area contributed by atoms with E-state index in [0.717, 1.165) is 6.26 Å². The van der Waals surface area contributed by atoms with Gasteiger partial charge in [-0.15, -0.1) is 0 Å². The second-order valence-electron chi connectivity index (χ2n) is 6.12. The van der Waals surface area contributed by atoms with E-state index in [4.69, 9.17) is 0 Å². The number of carbonyl (C=O) groups excluding carboxylic acids is 1. The van der Waals surface area contributed by atoms with Gasteiger partial charge in [-0.1, -0.05) is 6.07 Å². The van der Waals surface area contributed by atoms with Crippen molar-refractivity contribution in [1.82, 2.24) is 19.5 Å².